The number of hydrogen-bond acceptors (Lipinski definition) is 4. The zero-order valence-electron chi connectivity index (χ0n) is 13.3. The lowest BCUT2D eigenvalue weighted by molar-refractivity contribution is -0.121. The first-order valence-electron chi connectivity index (χ1n) is 7.12. The summed E-state index contributed by atoms with van der Waals surface area (Å²) in [5.74, 6) is 1.07. The van der Waals surface area contributed by atoms with E-state index in [9.17, 15) is 4.79 Å². The van der Waals surface area contributed by atoms with Gasteiger partial charge in [-0.2, -0.15) is 0 Å². The highest BCUT2D eigenvalue weighted by Crippen LogP contribution is 2.22. The van der Waals surface area contributed by atoms with Crippen molar-refractivity contribution in [3.05, 3.63) is 52.5 Å². The number of thiocarbonyl (C=S) groups is 1. The molecule has 0 aliphatic heterocycles. The molecule has 0 heterocycles. The minimum atomic E-state index is -0.330. The van der Waals surface area contributed by atoms with E-state index in [0.29, 0.717) is 5.75 Å². The minimum absolute atomic E-state index is 0.118. The molecule has 2 rings (SSSR count). The van der Waals surface area contributed by atoms with E-state index in [4.69, 9.17) is 21.7 Å². The summed E-state index contributed by atoms with van der Waals surface area (Å²) in [6.07, 6.45) is 0. The molecule has 24 heavy (non-hydrogen) atoms. The van der Waals surface area contributed by atoms with Crippen LogP contribution in [0.15, 0.2) is 46.9 Å². The van der Waals surface area contributed by atoms with Crippen LogP contribution in [0.5, 0.6) is 11.5 Å². The van der Waals surface area contributed by atoms with Gasteiger partial charge in [0.2, 0.25) is 0 Å². The third-order valence-corrected chi connectivity index (χ3v) is 3.79. The molecule has 0 aliphatic rings. The molecule has 0 spiro atoms. The van der Waals surface area contributed by atoms with Crippen LogP contribution in [0.2, 0.25) is 0 Å². The molecule has 0 fully saturated rings. The molecule has 0 saturated carbocycles. The van der Waals surface area contributed by atoms with E-state index in [-0.39, 0.29) is 17.6 Å². The lowest BCUT2D eigenvalue weighted by Gasteiger charge is -2.12. The highest BCUT2D eigenvalue weighted by Gasteiger charge is 2.08. The van der Waals surface area contributed by atoms with E-state index in [1.165, 1.54) is 0 Å². The SMILES string of the molecule is COc1ccc(NC(=S)NC(=O)COc2ccc(Br)cc2C)cc1. The highest BCUT2D eigenvalue weighted by molar-refractivity contribution is 9.10. The van der Waals surface area contributed by atoms with Crippen LogP contribution in [-0.2, 0) is 4.79 Å². The van der Waals surface area contributed by atoms with Crippen molar-refractivity contribution in [2.45, 2.75) is 6.92 Å². The molecular formula is C17H17BrN2O3S. The molecule has 0 radical (unpaired) electrons. The van der Waals surface area contributed by atoms with Crippen LogP contribution in [0, 0.1) is 6.92 Å². The Morgan fingerprint density at radius 1 is 1.21 bits per heavy atom. The fraction of sp³-hybridized carbons (Fsp3) is 0.176. The Hall–Kier alpha value is -2.12. The van der Waals surface area contributed by atoms with Gasteiger partial charge in [-0.3, -0.25) is 10.1 Å². The summed E-state index contributed by atoms with van der Waals surface area (Å²) in [6, 6.07) is 12.8. The van der Waals surface area contributed by atoms with Crippen molar-refractivity contribution < 1.29 is 14.3 Å². The Kier molecular flexibility index (Phi) is 6.57. The number of hydrogen-bond donors (Lipinski definition) is 2. The molecule has 126 valence electrons. The number of aryl methyl sites for hydroxylation is 1. The van der Waals surface area contributed by atoms with Crippen LogP contribution in [-0.4, -0.2) is 24.7 Å². The van der Waals surface area contributed by atoms with Crippen molar-refractivity contribution in [3.8, 4) is 11.5 Å². The van der Waals surface area contributed by atoms with E-state index in [0.717, 1.165) is 21.5 Å². The summed E-state index contributed by atoms with van der Waals surface area (Å²) in [4.78, 5) is 11.9. The van der Waals surface area contributed by atoms with Gasteiger partial charge < -0.3 is 14.8 Å². The van der Waals surface area contributed by atoms with Gasteiger partial charge in [0.25, 0.3) is 5.91 Å². The van der Waals surface area contributed by atoms with Crippen LogP contribution < -0.4 is 20.1 Å². The number of ether oxygens (including phenoxy) is 2. The van der Waals surface area contributed by atoms with E-state index >= 15 is 0 Å². The molecule has 2 N–H and O–H groups in total. The normalized spacial score (nSPS) is 9.96. The third kappa shape index (κ3) is 5.50. The summed E-state index contributed by atoms with van der Waals surface area (Å²) in [6.45, 7) is 1.79. The zero-order chi connectivity index (χ0) is 17.5. The molecule has 1 amide bonds. The molecule has 2 aromatic rings. The number of nitrogens with one attached hydrogen (secondary N) is 2. The first-order chi connectivity index (χ1) is 11.5. The van der Waals surface area contributed by atoms with Crippen molar-refractivity contribution >= 4 is 44.9 Å². The van der Waals surface area contributed by atoms with Gasteiger partial charge in [0.05, 0.1) is 7.11 Å². The minimum Gasteiger partial charge on any atom is -0.497 e. The number of amides is 1. The molecule has 5 nitrogen and oxygen atoms in total. The van der Waals surface area contributed by atoms with Crippen LogP contribution in [0.25, 0.3) is 0 Å². The second-order valence-electron chi connectivity index (χ2n) is 4.93. The molecule has 0 bridgehead atoms. The molecule has 0 unspecified atom stereocenters. The summed E-state index contributed by atoms with van der Waals surface area (Å²) >= 11 is 8.49. The smallest absolute Gasteiger partial charge is 0.264 e. The maximum Gasteiger partial charge on any atom is 0.264 e. The lowest BCUT2D eigenvalue weighted by Crippen LogP contribution is -2.37. The predicted octanol–water partition coefficient (Wildman–Crippen LogP) is 3.66. The molecule has 0 aliphatic carbocycles. The summed E-state index contributed by atoms with van der Waals surface area (Å²) < 4.78 is 11.5. The molecule has 0 atom stereocenters. The van der Waals surface area contributed by atoms with Gasteiger partial charge >= 0.3 is 0 Å². The fourth-order valence-electron chi connectivity index (χ4n) is 1.92. The number of methoxy groups -OCH3 is 1. The summed E-state index contributed by atoms with van der Waals surface area (Å²) in [5.41, 5.74) is 1.70. The van der Waals surface area contributed by atoms with Gasteiger partial charge in [-0.25, -0.2) is 0 Å². The lowest BCUT2D eigenvalue weighted by atomic mass is 10.2. The van der Waals surface area contributed by atoms with Crippen LogP contribution >= 0.6 is 28.1 Å². The van der Waals surface area contributed by atoms with Gasteiger partial charge in [0, 0.05) is 10.2 Å². The van der Waals surface area contributed by atoms with E-state index in [1.54, 1.807) is 37.4 Å². The van der Waals surface area contributed by atoms with Gasteiger partial charge in [-0.05, 0) is 67.2 Å². The van der Waals surface area contributed by atoms with Gasteiger partial charge in [-0.15, -0.1) is 0 Å². The van der Waals surface area contributed by atoms with Gasteiger partial charge in [0.15, 0.2) is 11.7 Å². The van der Waals surface area contributed by atoms with Gasteiger partial charge in [0.1, 0.15) is 11.5 Å². The van der Waals surface area contributed by atoms with Crippen molar-refractivity contribution in [2.24, 2.45) is 0 Å². The van der Waals surface area contributed by atoms with Crippen LogP contribution in [0.1, 0.15) is 5.56 Å². The van der Waals surface area contributed by atoms with Crippen molar-refractivity contribution in [1.29, 1.82) is 0 Å². The number of carbonyl (C=O) groups is 1. The van der Waals surface area contributed by atoms with Gasteiger partial charge in [-0.1, -0.05) is 15.9 Å². The molecule has 0 saturated heterocycles. The number of rotatable bonds is 5. The maximum atomic E-state index is 11.9. The molecule has 7 heteroatoms. The molecule has 2 aromatic carbocycles. The zero-order valence-corrected chi connectivity index (χ0v) is 15.7. The standard InChI is InChI=1S/C17H17BrN2O3S/c1-11-9-12(18)3-8-15(11)23-10-16(21)20-17(24)19-13-4-6-14(22-2)7-5-13/h3-9H,10H2,1-2H3,(H2,19,20,21,24). The predicted molar refractivity (Wildman–Crippen MR) is 102 cm³/mol. The summed E-state index contributed by atoms with van der Waals surface area (Å²) in [5, 5.41) is 5.71. The highest BCUT2D eigenvalue weighted by atomic mass is 79.9. The van der Waals surface area contributed by atoms with Crippen molar-refractivity contribution in [2.75, 3.05) is 19.0 Å². The quantitative estimate of drug-likeness (QED) is 0.739. The van der Waals surface area contributed by atoms with E-state index in [1.807, 2.05) is 19.1 Å². The average molecular weight is 409 g/mol. The van der Waals surface area contributed by atoms with Crippen LogP contribution in [0.3, 0.4) is 0 Å². The number of halogens is 1. The van der Waals surface area contributed by atoms with Crippen LogP contribution in [0.4, 0.5) is 5.69 Å². The third-order valence-electron chi connectivity index (χ3n) is 3.10. The maximum absolute atomic E-state index is 11.9. The second kappa shape index (κ2) is 8.65. The van der Waals surface area contributed by atoms with E-state index < -0.39 is 0 Å². The Bertz CT molecular complexity index is 735. The largest absolute Gasteiger partial charge is 0.497 e. The number of benzene rings is 2. The Morgan fingerprint density at radius 2 is 1.92 bits per heavy atom. The monoisotopic (exact) mass is 408 g/mol. The van der Waals surface area contributed by atoms with Crippen molar-refractivity contribution in [1.82, 2.24) is 5.32 Å². The van der Waals surface area contributed by atoms with E-state index in [2.05, 4.69) is 26.6 Å². The number of carbonyl (C=O) groups excluding carboxylic acids is 1. The molecule has 0 aromatic heterocycles. The fourth-order valence-corrected chi connectivity index (χ4v) is 2.62. The first kappa shape index (κ1) is 18.2. The Balaban J connectivity index is 1.81. The summed E-state index contributed by atoms with van der Waals surface area (Å²) in [7, 11) is 1.60. The molecular weight excluding hydrogens is 392 g/mol. The first-order valence-corrected chi connectivity index (χ1v) is 8.32. The second-order valence-corrected chi connectivity index (χ2v) is 6.25. The average Bonchev–Trinajstić information content (AvgIpc) is 2.54. The topological polar surface area (TPSA) is 59.6 Å². The van der Waals surface area contributed by atoms with Crippen molar-refractivity contribution in [3.63, 3.8) is 0 Å². The number of anilines is 1. The Labute approximate surface area is 154 Å². The Morgan fingerprint density at radius 3 is 2.54 bits per heavy atom.